The first kappa shape index (κ1) is 21.0. The van der Waals surface area contributed by atoms with Crippen LogP contribution in [0.15, 0.2) is 59.5 Å². The van der Waals surface area contributed by atoms with Gasteiger partial charge in [0.1, 0.15) is 0 Å². The Labute approximate surface area is 165 Å². The summed E-state index contributed by atoms with van der Waals surface area (Å²) in [5.74, 6) is -0.164. The summed E-state index contributed by atoms with van der Waals surface area (Å²) < 4.78 is 27.4. The fourth-order valence-corrected chi connectivity index (χ4v) is 3.64. The Morgan fingerprint density at radius 1 is 1.07 bits per heavy atom. The topological polar surface area (TPSA) is 75.3 Å². The van der Waals surface area contributed by atoms with E-state index in [1.807, 2.05) is 0 Å². The zero-order chi connectivity index (χ0) is 19.7. The zero-order valence-electron chi connectivity index (χ0n) is 15.1. The number of rotatable bonds is 9. The molecule has 2 N–H and O–H groups in total. The van der Waals surface area contributed by atoms with Crippen molar-refractivity contribution in [1.82, 2.24) is 5.32 Å². The van der Waals surface area contributed by atoms with Gasteiger partial charge in [-0.15, -0.1) is 0 Å². The van der Waals surface area contributed by atoms with Crippen LogP contribution in [0.3, 0.4) is 0 Å². The van der Waals surface area contributed by atoms with E-state index in [0.29, 0.717) is 17.3 Å². The predicted molar refractivity (Wildman–Crippen MR) is 110 cm³/mol. The van der Waals surface area contributed by atoms with Gasteiger partial charge in [0.25, 0.3) is 10.0 Å². The molecular formula is C20H23ClN2O3S. The van der Waals surface area contributed by atoms with E-state index in [0.717, 1.165) is 24.8 Å². The van der Waals surface area contributed by atoms with E-state index in [1.165, 1.54) is 18.2 Å². The Bertz CT molecular complexity index is 894. The third kappa shape index (κ3) is 6.73. The molecule has 144 valence electrons. The number of unbranched alkanes of at least 4 members (excludes halogenated alkanes) is 2. The maximum Gasteiger partial charge on any atom is 0.261 e. The second-order valence-electron chi connectivity index (χ2n) is 5.99. The second kappa shape index (κ2) is 10.1. The molecule has 5 nitrogen and oxygen atoms in total. The molecule has 0 aliphatic heterocycles. The quantitative estimate of drug-likeness (QED) is 0.476. The first-order chi connectivity index (χ1) is 12.9. The number of para-hydroxylation sites is 1. The van der Waals surface area contributed by atoms with E-state index in [9.17, 15) is 13.2 Å². The lowest BCUT2D eigenvalue weighted by molar-refractivity contribution is -0.116. The van der Waals surface area contributed by atoms with Crippen LogP contribution in [0, 0.1) is 0 Å². The highest BCUT2D eigenvalue weighted by atomic mass is 35.5. The van der Waals surface area contributed by atoms with E-state index < -0.39 is 10.0 Å². The molecule has 1 amide bonds. The van der Waals surface area contributed by atoms with Crippen molar-refractivity contribution in [3.8, 4) is 0 Å². The Morgan fingerprint density at radius 3 is 2.44 bits per heavy atom. The van der Waals surface area contributed by atoms with Crippen LogP contribution in [0.2, 0.25) is 5.02 Å². The zero-order valence-corrected chi connectivity index (χ0v) is 16.7. The van der Waals surface area contributed by atoms with E-state index >= 15 is 0 Å². The molecule has 0 atom stereocenters. The largest absolute Gasteiger partial charge is 0.353 e. The maximum atomic E-state index is 12.5. The summed E-state index contributed by atoms with van der Waals surface area (Å²) in [6.07, 6.45) is 6.24. The number of sulfonamides is 1. The van der Waals surface area contributed by atoms with Crippen LogP contribution in [-0.4, -0.2) is 20.9 Å². The lowest BCUT2D eigenvalue weighted by atomic mass is 10.2. The molecule has 0 aromatic heterocycles. The molecular weight excluding hydrogens is 384 g/mol. The first-order valence-corrected chi connectivity index (χ1v) is 10.6. The van der Waals surface area contributed by atoms with Crippen molar-refractivity contribution in [3.63, 3.8) is 0 Å². The monoisotopic (exact) mass is 406 g/mol. The van der Waals surface area contributed by atoms with Crippen LogP contribution < -0.4 is 10.0 Å². The molecule has 0 radical (unpaired) electrons. The summed E-state index contributed by atoms with van der Waals surface area (Å²) in [6.45, 7) is 2.76. The maximum absolute atomic E-state index is 12.5. The van der Waals surface area contributed by atoms with Crippen LogP contribution in [0.4, 0.5) is 5.69 Å². The molecule has 2 rings (SSSR count). The molecule has 0 saturated carbocycles. The fourth-order valence-electron chi connectivity index (χ4n) is 2.32. The van der Waals surface area contributed by atoms with Crippen molar-refractivity contribution < 1.29 is 13.2 Å². The van der Waals surface area contributed by atoms with Gasteiger partial charge < -0.3 is 5.32 Å². The van der Waals surface area contributed by atoms with Crippen molar-refractivity contribution in [1.29, 1.82) is 0 Å². The van der Waals surface area contributed by atoms with Gasteiger partial charge in [0.2, 0.25) is 5.91 Å². The van der Waals surface area contributed by atoms with Gasteiger partial charge in [0, 0.05) is 12.6 Å². The second-order valence-corrected chi connectivity index (χ2v) is 8.08. The average molecular weight is 407 g/mol. The van der Waals surface area contributed by atoms with Gasteiger partial charge in [-0.25, -0.2) is 8.42 Å². The fraction of sp³-hybridized carbons (Fsp3) is 0.250. The van der Waals surface area contributed by atoms with Crippen LogP contribution in [0.1, 0.15) is 31.7 Å². The highest BCUT2D eigenvalue weighted by molar-refractivity contribution is 7.92. The molecule has 2 aromatic rings. The van der Waals surface area contributed by atoms with Gasteiger partial charge in [-0.05, 0) is 42.3 Å². The molecule has 0 unspecified atom stereocenters. The van der Waals surface area contributed by atoms with Crippen LogP contribution in [0.25, 0.3) is 6.08 Å². The smallest absolute Gasteiger partial charge is 0.261 e. The molecule has 27 heavy (non-hydrogen) atoms. The van der Waals surface area contributed by atoms with Crippen molar-refractivity contribution in [2.75, 3.05) is 11.3 Å². The van der Waals surface area contributed by atoms with Gasteiger partial charge in [-0.2, -0.15) is 0 Å². The highest BCUT2D eigenvalue weighted by Crippen LogP contribution is 2.24. The molecule has 0 heterocycles. The average Bonchev–Trinajstić information content (AvgIpc) is 2.66. The van der Waals surface area contributed by atoms with E-state index in [1.54, 1.807) is 42.5 Å². The third-order valence-corrected chi connectivity index (χ3v) is 5.53. The Morgan fingerprint density at radius 2 is 1.78 bits per heavy atom. The minimum Gasteiger partial charge on any atom is -0.353 e. The van der Waals surface area contributed by atoms with Gasteiger partial charge in [0.05, 0.1) is 15.6 Å². The summed E-state index contributed by atoms with van der Waals surface area (Å²) in [6, 6.07) is 12.9. The van der Waals surface area contributed by atoms with Crippen molar-refractivity contribution in [2.45, 2.75) is 31.1 Å². The molecule has 0 aliphatic rings. The Kier molecular flexibility index (Phi) is 7.88. The van der Waals surface area contributed by atoms with Gasteiger partial charge in [-0.3, -0.25) is 9.52 Å². The van der Waals surface area contributed by atoms with E-state index in [2.05, 4.69) is 17.0 Å². The van der Waals surface area contributed by atoms with Crippen molar-refractivity contribution in [2.24, 2.45) is 0 Å². The summed E-state index contributed by atoms with van der Waals surface area (Å²) in [5, 5.41) is 3.14. The van der Waals surface area contributed by atoms with Crippen LogP contribution in [0.5, 0.6) is 0 Å². The standard InChI is InChI=1S/C20H23ClN2O3S/c1-2-3-6-15-22-20(24)14-11-16-9-12-17(13-10-16)27(25,26)23-19-8-5-4-7-18(19)21/h4-5,7-14,23H,2-3,6,15H2,1H3,(H,22,24)/b14-11+. The van der Waals surface area contributed by atoms with Crippen LogP contribution >= 0.6 is 11.6 Å². The molecule has 2 aromatic carbocycles. The lowest BCUT2D eigenvalue weighted by Gasteiger charge is -2.09. The number of nitrogens with one attached hydrogen (secondary N) is 2. The summed E-state index contributed by atoms with van der Waals surface area (Å²) in [4.78, 5) is 11.8. The summed E-state index contributed by atoms with van der Waals surface area (Å²) >= 11 is 5.99. The third-order valence-electron chi connectivity index (χ3n) is 3.82. The minimum atomic E-state index is -3.74. The van der Waals surface area contributed by atoms with Crippen molar-refractivity contribution >= 4 is 39.3 Å². The number of carbonyl (C=O) groups excluding carboxylic acids is 1. The Hall–Kier alpha value is -2.31. The number of carbonyl (C=O) groups is 1. The highest BCUT2D eigenvalue weighted by Gasteiger charge is 2.15. The Balaban J connectivity index is 1.98. The predicted octanol–water partition coefficient (Wildman–Crippen LogP) is 4.46. The van der Waals surface area contributed by atoms with E-state index in [4.69, 9.17) is 11.6 Å². The number of hydrogen-bond donors (Lipinski definition) is 2. The first-order valence-electron chi connectivity index (χ1n) is 8.75. The number of anilines is 1. The number of halogens is 1. The van der Waals surface area contributed by atoms with Gasteiger partial charge >= 0.3 is 0 Å². The molecule has 0 aliphatic carbocycles. The molecule has 0 saturated heterocycles. The molecule has 7 heteroatoms. The SMILES string of the molecule is CCCCCNC(=O)/C=C/c1ccc(S(=O)(=O)Nc2ccccc2Cl)cc1. The molecule has 0 spiro atoms. The summed E-state index contributed by atoms with van der Waals surface area (Å²) in [7, 11) is -3.74. The number of hydrogen-bond acceptors (Lipinski definition) is 3. The number of benzene rings is 2. The minimum absolute atomic E-state index is 0.114. The molecule has 0 fully saturated rings. The normalized spacial score (nSPS) is 11.5. The summed E-state index contributed by atoms with van der Waals surface area (Å²) in [5.41, 5.74) is 1.05. The van der Waals surface area contributed by atoms with Gasteiger partial charge in [-0.1, -0.05) is 55.6 Å². The molecule has 0 bridgehead atoms. The van der Waals surface area contributed by atoms with Crippen molar-refractivity contribution in [3.05, 3.63) is 65.2 Å². The van der Waals surface area contributed by atoms with Gasteiger partial charge in [0.15, 0.2) is 0 Å². The van der Waals surface area contributed by atoms with Crippen LogP contribution in [-0.2, 0) is 14.8 Å². The number of amides is 1. The lowest BCUT2D eigenvalue weighted by Crippen LogP contribution is -2.21. The van der Waals surface area contributed by atoms with E-state index in [-0.39, 0.29) is 10.8 Å².